The van der Waals surface area contributed by atoms with Gasteiger partial charge in [0.1, 0.15) is 0 Å². The molecular weight excluding hydrogens is 192 g/mol. The first-order valence-electron chi connectivity index (χ1n) is 4.58. The molecule has 0 saturated carbocycles. The topological polar surface area (TPSA) is 20.2 Å². The van der Waals surface area contributed by atoms with E-state index in [0.29, 0.717) is 6.42 Å². The molecule has 2 heteroatoms. The van der Waals surface area contributed by atoms with E-state index in [-0.39, 0.29) is 6.61 Å². The number of fused-ring (bicyclic) bond motifs is 1. The Labute approximate surface area is 87.3 Å². The standard InChI is InChI=1S/C12H12OS/c1-9(5-7-13)10-3-2-4-12-11(10)6-8-14-12/h2-4,6,8,13H,1,5,7H2. The van der Waals surface area contributed by atoms with E-state index in [4.69, 9.17) is 5.11 Å². The molecule has 0 amide bonds. The Morgan fingerprint density at radius 1 is 1.36 bits per heavy atom. The molecule has 14 heavy (non-hydrogen) atoms. The number of benzene rings is 1. The molecule has 72 valence electrons. The molecule has 1 N–H and O–H groups in total. The lowest BCUT2D eigenvalue weighted by Crippen LogP contribution is -1.87. The van der Waals surface area contributed by atoms with Gasteiger partial charge < -0.3 is 5.11 Å². The van der Waals surface area contributed by atoms with Crippen LogP contribution in [0, 0.1) is 0 Å². The van der Waals surface area contributed by atoms with Gasteiger partial charge in [0.05, 0.1) is 0 Å². The number of aliphatic hydroxyl groups excluding tert-OH is 1. The van der Waals surface area contributed by atoms with Gasteiger partial charge in [-0.2, -0.15) is 0 Å². The molecule has 1 heterocycles. The first-order chi connectivity index (χ1) is 6.83. The number of hydrogen-bond donors (Lipinski definition) is 1. The van der Waals surface area contributed by atoms with Crippen molar-refractivity contribution < 1.29 is 5.11 Å². The minimum Gasteiger partial charge on any atom is -0.396 e. The van der Waals surface area contributed by atoms with E-state index >= 15 is 0 Å². The number of thiophene rings is 1. The zero-order valence-electron chi connectivity index (χ0n) is 7.86. The Morgan fingerprint density at radius 3 is 3.00 bits per heavy atom. The summed E-state index contributed by atoms with van der Waals surface area (Å²) >= 11 is 1.73. The quantitative estimate of drug-likeness (QED) is 0.813. The predicted octanol–water partition coefficient (Wildman–Crippen LogP) is 3.30. The molecule has 0 aliphatic heterocycles. The van der Waals surface area contributed by atoms with Gasteiger partial charge in [0.15, 0.2) is 0 Å². The van der Waals surface area contributed by atoms with Crippen LogP contribution in [0.1, 0.15) is 12.0 Å². The molecule has 0 radical (unpaired) electrons. The highest BCUT2D eigenvalue weighted by molar-refractivity contribution is 7.17. The van der Waals surface area contributed by atoms with E-state index in [2.05, 4.69) is 30.2 Å². The second-order valence-electron chi connectivity index (χ2n) is 3.22. The lowest BCUT2D eigenvalue weighted by atomic mass is 10.0. The number of rotatable bonds is 3. The van der Waals surface area contributed by atoms with Crippen LogP contribution in [0.5, 0.6) is 0 Å². The van der Waals surface area contributed by atoms with Gasteiger partial charge in [0.25, 0.3) is 0 Å². The van der Waals surface area contributed by atoms with Crippen LogP contribution in [-0.4, -0.2) is 11.7 Å². The summed E-state index contributed by atoms with van der Waals surface area (Å²) in [5, 5.41) is 12.2. The molecule has 2 aromatic rings. The van der Waals surface area contributed by atoms with Gasteiger partial charge >= 0.3 is 0 Å². The lowest BCUT2D eigenvalue weighted by Gasteiger charge is -2.05. The predicted molar refractivity (Wildman–Crippen MR) is 62.6 cm³/mol. The van der Waals surface area contributed by atoms with E-state index in [9.17, 15) is 0 Å². The maximum Gasteiger partial charge on any atom is 0.0471 e. The summed E-state index contributed by atoms with van der Waals surface area (Å²) in [4.78, 5) is 0. The summed E-state index contributed by atoms with van der Waals surface area (Å²) in [5.41, 5.74) is 2.18. The van der Waals surface area contributed by atoms with E-state index < -0.39 is 0 Å². The third-order valence-electron chi connectivity index (χ3n) is 2.29. The largest absolute Gasteiger partial charge is 0.396 e. The molecule has 1 nitrogen and oxygen atoms in total. The van der Waals surface area contributed by atoms with Crippen LogP contribution in [-0.2, 0) is 0 Å². The third kappa shape index (κ3) is 1.59. The van der Waals surface area contributed by atoms with Gasteiger partial charge in [-0.05, 0) is 40.5 Å². The van der Waals surface area contributed by atoms with Crippen molar-refractivity contribution in [3.05, 3.63) is 41.8 Å². The molecule has 1 aromatic carbocycles. The summed E-state index contributed by atoms with van der Waals surface area (Å²) in [6, 6.07) is 8.32. The van der Waals surface area contributed by atoms with Crippen molar-refractivity contribution in [2.75, 3.05) is 6.61 Å². The third-order valence-corrected chi connectivity index (χ3v) is 3.17. The van der Waals surface area contributed by atoms with Gasteiger partial charge in [0.2, 0.25) is 0 Å². The SMILES string of the molecule is C=C(CCO)c1cccc2sccc12. The Hall–Kier alpha value is -1.12. The Kier molecular flexibility index (Phi) is 2.66. The minimum absolute atomic E-state index is 0.166. The fourth-order valence-electron chi connectivity index (χ4n) is 1.57. The van der Waals surface area contributed by atoms with Crippen LogP contribution < -0.4 is 0 Å². The average Bonchev–Trinajstić information content (AvgIpc) is 2.65. The summed E-state index contributed by atoms with van der Waals surface area (Å²) < 4.78 is 1.28. The summed E-state index contributed by atoms with van der Waals surface area (Å²) in [5.74, 6) is 0. The maximum atomic E-state index is 8.86. The molecule has 0 aliphatic rings. The van der Waals surface area contributed by atoms with Gasteiger partial charge in [-0.15, -0.1) is 11.3 Å². The molecule has 1 aromatic heterocycles. The molecule has 0 fully saturated rings. The fraction of sp³-hybridized carbons (Fsp3) is 0.167. The van der Waals surface area contributed by atoms with Crippen LogP contribution in [0.3, 0.4) is 0 Å². The Morgan fingerprint density at radius 2 is 2.21 bits per heavy atom. The molecule has 0 bridgehead atoms. The molecule has 0 unspecified atom stereocenters. The monoisotopic (exact) mass is 204 g/mol. The van der Waals surface area contributed by atoms with Crippen LogP contribution in [0.2, 0.25) is 0 Å². The van der Waals surface area contributed by atoms with Crippen molar-refractivity contribution in [3.63, 3.8) is 0 Å². The summed E-state index contributed by atoms with van der Waals surface area (Å²) in [6.45, 7) is 4.16. The Balaban J connectivity index is 2.50. The van der Waals surface area contributed by atoms with E-state index in [1.807, 2.05) is 6.07 Å². The van der Waals surface area contributed by atoms with Crippen LogP contribution in [0.15, 0.2) is 36.2 Å². The highest BCUT2D eigenvalue weighted by atomic mass is 32.1. The molecule has 2 rings (SSSR count). The van der Waals surface area contributed by atoms with Gasteiger partial charge in [-0.25, -0.2) is 0 Å². The zero-order chi connectivity index (χ0) is 9.97. The van der Waals surface area contributed by atoms with Crippen LogP contribution in [0.25, 0.3) is 15.7 Å². The molecule has 0 saturated heterocycles. The zero-order valence-corrected chi connectivity index (χ0v) is 8.68. The molecule has 0 aliphatic carbocycles. The molecule has 0 atom stereocenters. The smallest absolute Gasteiger partial charge is 0.0471 e. The van der Waals surface area contributed by atoms with Crippen molar-refractivity contribution in [2.24, 2.45) is 0 Å². The van der Waals surface area contributed by atoms with Crippen molar-refractivity contribution >= 4 is 27.0 Å². The normalized spacial score (nSPS) is 10.6. The van der Waals surface area contributed by atoms with Gasteiger partial charge in [-0.3, -0.25) is 0 Å². The van der Waals surface area contributed by atoms with Crippen molar-refractivity contribution in [3.8, 4) is 0 Å². The van der Waals surface area contributed by atoms with Crippen LogP contribution in [0.4, 0.5) is 0 Å². The van der Waals surface area contributed by atoms with Gasteiger partial charge in [0, 0.05) is 11.3 Å². The van der Waals surface area contributed by atoms with E-state index in [1.165, 1.54) is 10.1 Å². The number of aliphatic hydroxyl groups is 1. The van der Waals surface area contributed by atoms with Crippen LogP contribution >= 0.6 is 11.3 Å². The van der Waals surface area contributed by atoms with Gasteiger partial charge in [-0.1, -0.05) is 18.7 Å². The number of hydrogen-bond acceptors (Lipinski definition) is 2. The first kappa shape index (κ1) is 9.44. The fourth-order valence-corrected chi connectivity index (χ4v) is 2.38. The van der Waals surface area contributed by atoms with Crippen molar-refractivity contribution in [2.45, 2.75) is 6.42 Å². The highest BCUT2D eigenvalue weighted by Gasteiger charge is 2.04. The summed E-state index contributed by atoms with van der Waals surface area (Å²) in [6.07, 6.45) is 0.648. The van der Waals surface area contributed by atoms with E-state index in [0.717, 1.165) is 11.1 Å². The molecule has 0 spiro atoms. The van der Waals surface area contributed by atoms with Crippen molar-refractivity contribution in [1.82, 2.24) is 0 Å². The van der Waals surface area contributed by atoms with E-state index in [1.54, 1.807) is 11.3 Å². The maximum absolute atomic E-state index is 8.86. The highest BCUT2D eigenvalue weighted by Crippen LogP contribution is 2.29. The lowest BCUT2D eigenvalue weighted by molar-refractivity contribution is 0.305. The first-order valence-corrected chi connectivity index (χ1v) is 5.46. The average molecular weight is 204 g/mol. The second-order valence-corrected chi connectivity index (χ2v) is 4.16. The summed E-state index contributed by atoms with van der Waals surface area (Å²) in [7, 11) is 0. The minimum atomic E-state index is 0.166. The molecular formula is C12H12OS. The second kappa shape index (κ2) is 3.95. The van der Waals surface area contributed by atoms with Crippen molar-refractivity contribution in [1.29, 1.82) is 0 Å². The Bertz CT molecular complexity index is 456.